The molecule has 23 heavy (non-hydrogen) atoms. The van der Waals surface area contributed by atoms with Gasteiger partial charge in [-0.15, -0.1) is 0 Å². The van der Waals surface area contributed by atoms with Gasteiger partial charge in [-0.2, -0.15) is 5.10 Å². The molecule has 1 aromatic carbocycles. The molecule has 0 N–H and O–H groups in total. The van der Waals surface area contributed by atoms with Gasteiger partial charge in [0.1, 0.15) is 5.41 Å². The summed E-state index contributed by atoms with van der Waals surface area (Å²) in [5, 5.41) is 6.99. The lowest BCUT2D eigenvalue weighted by Crippen LogP contribution is -2.38. The second kappa shape index (κ2) is 6.32. The SMILES string of the molecule is COC[C@@H]1CCCN1/N=C1/c2ccccc2CC1(C)C(=O)OC. The third-order valence-electron chi connectivity index (χ3n) is 4.91. The Morgan fingerprint density at radius 1 is 1.39 bits per heavy atom. The third kappa shape index (κ3) is 2.74. The molecule has 3 rings (SSSR count). The molecule has 1 aliphatic heterocycles. The predicted molar refractivity (Wildman–Crippen MR) is 88.4 cm³/mol. The maximum Gasteiger partial charge on any atom is 0.318 e. The highest BCUT2D eigenvalue weighted by atomic mass is 16.5. The molecule has 0 bridgehead atoms. The van der Waals surface area contributed by atoms with Crippen LogP contribution in [0.3, 0.4) is 0 Å². The maximum absolute atomic E-state index is 12.4. The summed E-state index contributed by atoms with van der Waals surface area (Å²) in [6.07, 6.45) is 2.81. The molecule has 0 amide bonds. The van der Waals surface area contributed by atoms with Gasteiger partial charge < -0.3 is 9.47 Å². The van der Waals surface area contributed by atoms with Gasteiger partial charge in [-0.05, 0) is 31.7 Å². The molecule has 1 aromatic rings. The monoisotopic (exact) mass is 316 g/mol. The van der Waals surface area contributed by atoms with Gasteiger partial charge in [0.15, 0.2) is 0 Å². The number of rotatable bonds is 4. The lowest BCUT2D eigenvalue weighted by molar-refractivity contribution is -0.147. The van der Waals surface area contributed by atoms with Crippen LogP contribution in [-0.4, -0.2) is 50.1 Å². The Bertz CT molecular complexity index is 628. The van der Waals surface area contributed by atoms with Crippen molar-refractivity contribution in [2.24, 2.45) is 10.5 Å². The molecule has 0 aromatic heterocycles. The van der Waals surface area contributed by atoms with E-state index in [2.05, 4.69) is 11.1 Å². The molecule has 0 saturated carbocycles. The molecule has 5 heteroatoms. The highest BCUT2D eigenvalue weighted by molar-refractivity contribution is 6.18. The van der Waals surface area contributed by atoms with Crippen molar-refractivity contribution in [3.8, 4) is 0 Å². The van der Waals surface area contributed by atoms with Crippen molar-refractivity contribution in [2.45, 2.75) is 32.2 Å². The number of carbonyl (C=O) groups is 1. The first-order chi connectivity index (χ1) is 11.1. The summed E-state index contributed by atoms with van der Waals surface area (Å²) in [7, 11) is 3.16. The topological polar surface area (TPSA) is 51.1 Å². The largest absolute Gasteiger partial charge is 0.468 e. The summed E-state index contributed by atoms with van der Waals surface area (Å²) in [5.41, 5.74) is 2.31. The number of methoxy groups -OCH3 is 2. The van der Waals surface area contributed by atoms with Gasteiger partial charge in [0.25, 0.3) is 0 Å². The molecule has 2 aliphatic rings. The first kappa shape index (κ1) is 16.0. The second-order valence-electron chi connectivity index (χ2n) is 6.52. The van der Waals surface area contributed by atoms with Crippen molar-refractivity contribution >= 4 is 11.7 Å². The molecule has 0 spiro atoms. The Balaban J connectivity index is 2.01. The fraction of sp³-hybridized carbons (Fsp3) is 0.556. The van der Waals surface area contributed by atoms with E-state index in [1.54, 1.807) is 7.11 Å². The van der Waals surface area contributed by atoms with Gasteiger partial charge in [-0.25, -0.2) is 0 Å². The van der Waals surface area contributed by atoms with Crippen LogP contribution in [0.2, 0.25) is 0 Å². The Morgan fingerprint density at radius 3 is 2.91 bits per heavy atom. The summed E-state index contributed by atoms with van der Waals surface area (Å²) < 4.78 is 10.4. The zero-order valence-electron chi connectivity index (χ0n) is 14.0. The maximum atomic E-state index is 12.4. The highest BCUT2D eigenvalue weighted by Gasteiger charge is 2.47. The van der Waals surface area contributed by atoms with Crippen molar-refractivity contribution in [3.63, 3.8) is 0 Å². The fourth-order valence-corrected chi connectivity index (χ4v) is 3.67. The van der Waals surface area contributed by atoms with Gasteiger partial charge >= 0.3 is 5.97 Å². The standard InChI is InChI=1S/C18H24N2O3/c1-18(17(21)23-3)11-13-7-4-5-9-15(13)16(18)19-20-10-6-8-14(20)12-22-2/h4-5,7,9,14H,6,8,10-12H2,1-3H3/b19-16-/t14-,18?/m0/s1. The molecule has 0 radical (unpaired) electrons. The first-order valence-corrected chi connectivity index (χ1v) is 8.11. The van der Waals surface area contributed by atoms with E-state index in [9.17, 15) is 4.79 Å². The molecule has 5 nitrogen and oxygen atoms in total. The van der Waals surface area contributed by atoms with E-state index in [0.29, 0.717) is 13.0 Å². The number of benzene rings is 1. The van der Waals surface area contributed by atoms with E-state index in [4.69, 9.17) is 14.6 Å². The zero-order valence-corrected chi connectivity index (χ0v) is 14.0. The van der Waals surface area contributed by atoms with Crippen molar-refractivity contribution < 1.29 is 14.3 Å². The average molecular weight is 316 g/mol. The Kier molecular flexibility index (Phi) is 4.39. The normalized spacial score (nSPS) is 28.2. The smallest absolute Gasteiger partial charge is 0.318 e. The molecule has 2 atom stereocenters. The molecule has 124 valence electrons. The summed E-state index contributed by atoms with van der Waals surface area (Å²) in [5.74, 6) is -0.227. The van der Waals surface area contributed by atoms with E-state index in [-0.39, 0.29) is 12.0 Å². The van der Waals surface area contributed by atoms with E-state index in [0.717, 1.165) is 36.2 Å². The minimum atomic E-state index is -0.724. The van der Waals surface area contributed by atoms with E-state index < -0.39 is 5.41 Å². The molecule has 1 fully saturated rings. The number of hydrogen-bond donors (Lipinski definition) is 0. The minimum Gasteiger partial charge on any atom is -0.468 e. The van der Waals surface area contributed by atoms with Crippen molar-refractivity contribution in [3.05, 3.63) is 35.4 Å². The van der Waals surface area contributed by atoms with Crippen molar-refractivity contribution in [2.75, 3.05) is 27.4 Å². The van der Waals surface area contributed by atoms with Crippen LogP contribution < -0.4 is 0 Å². The highest BCUT2D eigenvalue weighted by Crippen LogP contribution is 2.39. The first-order valence-electron chi connectivity index (χ1n) is 8.11. The number of nitrogens with zero attached hydrogens (tertiary/aromatic N) is 2. The van der Waals surface area contributed by atoms with Crippen LogP contribution in [0.25, 0.3) is 0 Å². The van der Waals surface area contributed by atoms with Gasteiger partial charge in [0.05, 0.1) is 25.5 Å². The van der Waals surface area contributed by atoms with Crippen LogP contribution >= 0.6 is 0 Å². The number of ether oxygens (including phenoxy) is 2. The summed E-state index contributed by atoms with van der Waals surface area (Å²) in [4.78, 5) is 12.4. The van der Waals surface area contributed by atoms with E-state index >= 15 is 0 Å². The van der Waals surface area contributed by atoms with E-state index in [1.807, 2.05) is 25.1 Å². The second-order valence-corrected chi connectivity index (χ2v) is 6.52. The van der Waals surface area contributed by atoms with Crippen molar-refractivity contribution in [1.82, 2.24) is 5.01 Å². The zero-order chi connectivity index (χ0) is 16.4. The summed E-state index contributed by atoms with van der Waals surface area (Å²) >= 11 is 0. The molecule has 1 unspecified atom stereocenters. The van der Waals surface area contributed by atoms with E-state index in [1.165, 1.54) is 7.11 Å². The number of hydrogen-bond acceptors (Lipinski definition) is 5. The third-order valence-corrected chi connectivity index (χ3v) is 4.91. The number of carbonyl (C=O) groups excluding carboxylic acids is 1. The Labute approximate surface area is 137 Å². The number of hydrazone groups is 1. The van der Waals surface area contributed by atoms with Crippen LogP contribution in [-0.2, 0) is 20.7 Å². The van der Waals surface area contributed by atoms with Crippen LogP contribution in [0.1, 0.15) is 30.9 Å². The van der Waals surface area contributed by atoms with Gasteiger partial charge in [0.2, 0.25) is 0 Å². The van der Waals surface area contributed by atoms with Crippen LogP contribution in [0.4, 0.5) is 0 Å². The molecule has 1 saturated heterocycles. The van der Waals surface area contributed by atoms with Gasteiger partial charge in [0, 0.05) is 19.2 Å². The summed E-state index contributed by atoms with van der Waals surface area (Å²) in [6.45, 7) is 3.49. The van der Waals surface area contributed by atoms with Crippen molar-refractivity contribution in [1.29, 1.82) is 0 Å². The lowest BCUT2D eigenvalue weighted by atomic mass is 9.85. The summed E-state index contributed by atoms with van der Waals surface area (Å²) in [6, 6.07) is 8.39. The van der Waals surface area contributed by atoms with Crippen LogP contribution in [0.15, 0.2) is 29.4 Å². The molecule has 1 heterocycles. The van der Waals surface area contributed by atoms with Crippen LogP contribution in [0, 0.1) is 5.41 Å². The lowest BCUT2D eigenvalue weighted by Gasteiger charge is -2.26. The minimum absolute atomic E-state index is 0.227. The molecule has 1 aliphatic carbocycles. The molecular weight excluding hydrogens is 292 g/mol. The van der Waals surface area contributed by atoms with Crippen LogP contribution in [0.5, 0.6) is 0 Å². The number of esters is 1. The fourth-order valence-electron chi connectivity index (χ4n) is 3.67. The average Bonchev–Trinajstić information content (AvgIpc) is 3.11. The van der Waals surface area contributed by atoms with Gasteiger partial charge in [-0.1, -0.05) is 24.3 Å². The Hall–Kier alpha value is -1.88. The number of fused-ring (bicyclic) bond motifs is 1. The quantitative estimate of drug-likeness (QED) is 0.799. The predicted octanol–water partition coefficient (Wildman–Crippen LogP) is 2.24. The Morgan fingerprint density at radius 2 is 2.17 bits per heavy atom. The van der Waals surface area contributed by atoms with Gasteiger partial charge in [-0.3, -0.25) is 9.80 Å². The molecular formula is C18H24N2O3.